The van der Waals surface area contributed by atoms with E-state index in [0.29, 0.717) is 18.9 Å². The van der Waals surface area contributed by atoms with Gasteiger partial charge in [0.1, 0.15) is 0 Å². The van der Waals surface area contributed by atoms with Crippen molar-refractivity contribution in [2.24, 2.45) is 17.1 Å². The molecule has 1 spiro atoms. The normalized spacial score (nSPS) is 36.6. The number of hydrogen-bond acceptors (Lipinski definition) is 3. The van der Waals surface area contributed by atoms with Gasteiger partial charge in [-0.3, -0.25) is 9.59 Å². The van der Waals surface area contributed by atoms with Gasteiger partial charge in [-0.25, -0.2) is 0 Å². The van der Waals surface area contributed by atoms with Gasteiger partial charge in [-0.05, 0) is 24.0 Å². The van der Waals surface area contributed by atoms with Gasteiger partial charge in [-0.2, -0.15) is 0 Å². The van der Waals surface area contributed by atoms with E-state index in [1.807, 2.05) is 18.2 Å². The van der Waals surface area contributed by atoms with Crippen molar-refractivity contribution in [1.29, 1.82) is 0 Å². The predicted molar refractivity (Wildman–Crippen MR) is 70.6 cm³/mol. The molecule has 0 radical (unpaired) electrons. The van der Waals surface area contributed by atoms with Crippen molar-refractivity contribution in [1.82, 2.24) is 10.6 Å². The molecule has 0 aromatic carbocycles. The van der Waals surface area contributed by atoms with Gasteiger partial charge in [0.2, 0.25) is 11.8 Å². The van der Waals surface area contributed by atoms with Crippen LogP contribution in [-0.4, -0.2) is 24.4 Å². The number of rotatable bonds is 1. The van der Waals surface area contributed by atoms with Gasteiger partial charge in [-0.1, -0.05) is 25.2 Å². The Morgan fingerprint density at radius 3 is 2.84 bits per heavy atom. The van der Waals surface area contributed by atoms with E-state index in [1.54, 1.807) is 0 Å². The lowest BCUT2D eigenvalue weighted by atomic mass is 9.78. The van der Waals surface area contributed by atoms with Crippen LogP contribution in [0.3, 0.4) is 0 Å². The summed E-state index contributed by atoms with van der Waals surface area (Å²) >= 11 is 0. The van der Waals surface area contributed by atoms with Crippen molar-refractivity contribution in [2.75, 3.05) is 6.54 Å². The van der Waals surface area contributed by atoms with Crippen LogP contribution in [0.1, 0.15) is 13.3 Å². The van der Waals surface area contributed by atoms with Gasteiger partial charge >= 0.3 is 0 Å². The van der Waals surface area contributed by atoms with Crippen LogP contribution in [0.4, 0.5) is 0 Å². The number of hydrogen-bond donors (Lipinski definition) is 3. The summed E-state index contributed by atoms with van der Waals surface area (Å²) < 4.78 is 0. The Kier molecular flexibility index (Phi) is 2.60. The maximum atomic E-state index is 12.3. The van der Waals surface area contributed by atoms with Crippen LogP contribution in [0, 0.1) is 11.3 Å². The summed E-state index contributed by atoms with van der Waals surface area (Å²) in [5.74, 6) is -0.112. The predicted octanol–water partition coefficient (Wildman–Crippen LogP) is -0.0340. The van der Waals surface area contributed by atoms with E-state index in [-0.39, 0.29) is 5.91 Å². The topological polar surface area (TPSA) is 84.2 Å². The summed E-state index contributed by atoms with van der Waals surface area (Å²) in [6.45, 7) is 2.54. The summed E-state index contributed by atoms with van der Waals surface area (Å²) in [4.78, 5) is 23.6. The van der Waals surface area contributed by atoms with Crippen LogP contribution in [0.5, 0.6) is 0 Å². The average Bonchev–Trinajstić information content (AvgIpc) is 2.85. The zero-order valence-electron chi connectivity index (χ0n) is 10.8. The van der Waals surface area contributed by atoms with Crippen LogP contribution in [0.2, 0.25) is 0 Å². The fourth-order valence-electron chi connectivity index (χ4n) is 3.00. The highest BCUT2D eigenvalue weighted by Crippen LogP contribution is 2.43. The first-order chi connectivity index (χ1) is 9.03. The molecule has 3 rings (SSSR count). The molecule has 3 atom stereocenters. The minimum absolute atomic E-state index is 0.0439. The molecule has 100 valence electrons. The van der Waals surface area contributed by atoms with E-state index < -0.39 is 17.4 Å². The number of nitrogens with one attached hydrogen (secondary N) is 2. The second kappa shape index (κ2) is 4.06. The van der Waals surface area contributed by atoms with Crippen molar-refractivity contribution in [3.63, 3.8) is 0 Å². The molecule has 0 aromatic heterocycles. The molecule has 5 heteroatoms. The summed E-state index contributed by atoms with van der Waals surface area (Å²) in [6, 6.07) is -0.435. The van der Waals surface area contributed by atoms with Gasteiger partial charge in [0.05, 0.1) is 11.5 Å². The Bertz CT molecular complexity index is 547. The van der Waals surface area contributed by atoms with E-state index in [0.717, 1.165) is 11.3 Å². The Balaban J connectivity index is 2.00. The monoisotopic (exact) mass is 259 g/mol. The second-order valence-corrected chi connectivity index (χ2v) is 5.48. The Labute approximate surface area is 111 Å². The Morgan fingerprint density at radius 1 is 1.42 bits per heavy atom. The summed E-state index contributed by atoms with van der Waals surface area (Å²) in [5.41, 5.74) is 6.49. The van der Waals surface area contributed by atoms with E-state index >= 15 is 0 Å². The van der Waals surface area contributed by atoms with E-state index in [4.69, 9.17) is 5.73 Å². The van der Waals surface area contributed by atoms with Gasteiger partial charge in [-0.15, -0.1) is 0 Å². The average molecular weight is 259 g/mol. The van der Waals surface area contributed by atoms with Crippen molar-refractivity contribution in [3.05, 3.63) is 35.6 Å². The van der Waals surface area contributed by atoms with Gasteiger partial charge in [0.25, 0.3) is 0 Å². The highest BCUT2D eigenvalue weighted by molar-refractivity contribution is 5.95. The first-order valence-electron chi connectivity index (χ1n) is 6.48. The SMILES string of the molecule is CC1C=CC2=C(C=C1)C1(CNC(C(N)=O)C1)C(=O)N2. The third-order valence-electron chi connectivity index (χ3n) is 4.17. The lowest BCUT2D eigenvalue weighted by Gasteiger charge is -2.21. The van der Waals surface area contributed by atoms with E-state index in [9.17, 15) is 9.59 Å². The van der Waals surface area contributed by atoms with Crippen LogP contribution < -0.4 is 16.4 Å². The third kappa shape index (κ3) is 1.73. The number of carbonyl (C=O) groups is 2. The third-order valence-corrected chi connectivity index (χ3v) is 4.17. The highest BCUT2D eigenvalue weighted by Gasteiger charge is 2.53. The molecular formula is C14H17N3O2. The van der Waals surface area contributed by atoms with E-state index in [1.165, 1.54) is 0 Å². The van der Waals surface area contributed by atoms with Crippen LogP contribution >= 0.6 is 0 Å². The lowest BCUT2D eigenvalue weighted by molar-refractivity contribution is -0.126. The van der Waals surface area contributed by atoms with Crippen LogP contribution in [0.15, 0.2) is 35.6 Å². The number of carbonyl (C=O) groups excluding carboxylic acids is 2. The molecule has 1 saturated heterocycles. The molecule has 4 N–H and O–H groups in total. The Morgan fingerprint density at radius 2 is 2.16 bits per heavy atom. The largest absolute Gasteiger partial charge is 0.368 e. The van der Waals surface area contributed by atoms with Gasteiger partial charge in [0, 0.05) is 12.2 Å². The molecule has 5 nitrogen and oxygen atoms in total. The smallest absolute Gasteiger partial charge is 0.236 e. The molecule has 1 aliphatic carbocycles. The highest BCUT2D eigenvalue weighted by atomic mass is 16.2. The van der Waals surface area contributed by atoms with Gasteiger partial charge < -0.3 is 16.4 Å². The molecule has 2 aliphatic heterocycles. The standard InChI is InChI=1S/C14H17N3O2/c1-8-2-4-9-10(5-3-8)17-13(19)14(9)6-11(12(15)18)16-7-14/h2-5,8,11,16H,6-7H2,1H3,(H2,15,18)(H,17,19). The van der Waals surface area contributed by atoms with Crippen LogP contribution in [-0.2, 0) is 9.59 Å². The minimum atomic E-state index is -0.653. The van der Waals surface area contributed by atoms with Crippen molar-refractivity contribution < 1.29 is 9.59 Å². The number of amides is 2. The van der Waals surface area contributed by atoms with Crippen molar-refractivity contribution >= 4 is 11.8 Å². The van der Waals surface area contributed by atoms with Crippen LogP contribution in [0.25, 0.3) is 0 Å². The molecule has 0 bridgehead atoms. The maximum absolute atomic E-state index is 12.3. The number of primary amides is 1. The first kappa shape index (κ1) is 12.2. The molecule has 0 aromatic rings. The number of allylic oxidation sites excluding steroid dienone is 4. The number of nitrogens with two attached hydrogens (primary N) is 1. The fraction of sp³-hybridized carbons (Fsp3) is 0.429. The summed E-state index contributed by atoms with van der Waals surface area (Å²) in [6.07, 6.45) is 8.50. The maximum Gasteiger partial charge on any atom is 0.236 e. The molecule has 2 heterocycles. The van der Waals surface area contributed by atoms with E-state index in [2.05, 4.69) is 23.6 Å². The number of fused-ring (bicyclic) bond motifs is 1. The van der Waals surface area contributed by atoms with Crippen molar-refractivity contribution in [2.45, 2.75) is 19.4 Å². The lowest BCUT2D eigenvalue weighted by Crippen LogP contribution is -2.36. The molecule has 2 amide bonds. The summed E-state index contributed by atoms with van der Waals surface area (Å²) in [5, 5.41) is 5.98. The molecule has 1 fully saturated rings. The van der Waals surface area contributed by atoms with Gasteiger partial charge in [0.15, 0.2) is 0 Å². The first-order valence-corrected chi connectivity index (χ1v) is 6.48. The quantitative estimate of drug-likeness (QED) is 0.618. The second-order valence-electron chi connectivity index (χ2n) is 5.48. The molecule has 3 unspecified atom stereocenters. The zero-order chi connectivity index (χ0) is 13.6. The summed E-state index contributed by atoms with van der Waals surface area (Å²) in [7, 11) is 0. The minimum Gasteiger partial charge on any atom is -0.368 e. The fourth-order valence-corrected chi connectivity index (χ4v) is 3.00. The molecule has 3 aliphatic rings. The zero-order valence-corrected chi connectivity index (χ0v) is 10.8. The Hall–Kier alpha value is -1.88. The molecular weight excluding hydrogens is 242 g/mol. The molecule has 0 saturated carbocycles. The molecule has 19 heavy (non-hydrogen) atoms. The van der Waals surface area contributed by atoms with Crippen molar-refractivity contribution in [3.8, 4) is 0 Å².